The van der Waals surface area contributed by atoms with Crippen LogP contribution >= 0.6 is 0 Å². The van der Waals surface area contributed by atoms with Crippen LogP contribution in [-0.2, 0) is 6.42 Å². The molecule has 1 N–H and O–H groups in total. The average molecular weight is 217 g/mol. The molecule has 1 aromatic rings. The van der Waals surface area contributed by atoms with Crippen LogP contribution in [-0.4, -0.2) is 6.54 Å². The predicted molar refractivity (Wildman–Crippen MR) is 69.6 cm³/mol. The van der Waals surface area contributed by atoms with Crippen molar-refractivity contribution in [2.75, 3.05) is 6.54 Å². The van der Waals surface area contributed by atoms with Gasteiger partial charge in [-0.15, -0.1) is 0 Å². The summed E-state index contributed by atoms with van der Waals surface area (Å²) in [4.78, 5) is 0. The molecule has 0 unspecified atom stereocenters. The molecule has 0 spiro atoms. The second-order valence-electron chi connectivity index (χ2n) is 5.34. The lowest BCUT2D eigenvalue weighted by Crippen LogP contribution is -2.44. The molecular formula is C15H23N. The standard InChI is InChI=1S/C14H19N.CH4/c1-14-8-4-10-15-13(14)12-6-3-2-5-11(12)7-9-14;/h2-3,5-6,13,15H,4,7-10H2,1H3;1H4/t13-,14+;/m0./s1. The van der Waals surface area contributed by atoms with E-state index in [9.17, 15) is 0 Å². The van der Waals surface area contributed by atoms with Crippen LogP contribution in [0.15, 0.2) is 24.3 Å². The molecule has 3 rings (SSSR count). The lowest BCUT2D eigenvalue weighted by Gasteiger charge is -2.46. The quantitative estimate of drug-likeness (QED) is 0.698. The molecule has 2 aliphatic rings. The minimum absolute atomic E-state index is 0. The number of rotatable bonds is 0. The maximum Gasteiger partial charge on any atom is 0.0377 e. The van der Waals surface area contributed by atoms with E-state index in [1.54, 1.807) is 11.1 Å². The fraction of sp³-hybridized carbons (Fsp3) is 0.600. The zero-order chi connectivity index (χ0) is 10.3. The van der Waals surface area contributed by atoms with Crippen molar-refractivity contribution in [1.29, 1.82) is 0 Å². The van der Waals surface area contributed by atoms with E-state index in [2.05, 4.69) is 36.5 Å². The molecule has 16 heavy (non-hydrogen) atoms. The Labute approximate surface area is 99.3 Å². The van der Waals surface area contributed by atoms with Gasteiger partial charge in [0.2, 0.25) is 0 Å². The van der Waals surface area contributed by atoms with Gasteiger partial charge in [-0.3, -0.25) is 0 Å². The molecule has 0 amide bonds. The van der Waals surface area contributed by atoms with Crippen LogP contribution < -0.4 is 5.32 Å². The molecule has 1 heterocycles. The third-order valence-electron chi connectivity index (χ3n) is 4.30. The molecule has 1 aliphatic carbocycles. The van der Waals surface area contributed by atoms with Crippen LogP contribution in [0, 0.1) is 5.41 Å². The second-order valence-corrected chi connectivity index (χ2v) is 5.34. The highest BCUT2D eigenvalue weighted by atomic mass is 15.0. The normalized spacial score (nSPS) is 32.2. The van der Waals surface area contributed by atoms with Crippen molar-refractivity contribution >= 4 is 0 Å². The van der Waals surface area contributed by atoms with Crippen LogP contribution in [0.4, 0.5) is 0 Å². The van der Waals surface area contributed by atoms with E-state index >= 15 is 0 Å². The maximum atomic E-state index is 3.72. The van der Waals surface area contributed by atoms with Gasteiger partial charge in [0, 0.05) is 6.04 Å². The fourth-order valence-corrected chi connectivity index (χ4v) is 3.35. The number of fused-ring (bicyclic) bond motifs is 3. The Kier molecular flexibility index (Phi) is 3.07. The lowest BCUT2D eigenvalue weighted by molar-refractivity contribution is 0.132. The Morgan fingerprint density at radius 1 is 1.25 bits per heavy atom. The van der Waals surface area contributed by atoms with Crippen molar-refractivity contribution in [3.05, 3.63) is 35.4 Å². The predicted octanol–water partition coefficient (Wildman–Crippen LogP) is 3.70. The third-order valence-corrected chi connectivity index (χ3v) is 4.30. The minimum atomic E-state index is 0. The summed E-state index contributed by atoms with van der Waals surface area (Å²) < 4.78 is 0. The Balaban J connectivity index is 0.000000963. The Hall–Kier alpha value is -0.820. The van der Waals surface area contributed by atoms with E-state index in [0.29, 0.717) is 11.5 Å². The van der Waals surface area contributed by atoms with Gasteiger partial charge < -0.3 is 5.32 Å². The largest absolute Gasteiger partial charge is 0.309 e. The molecule has 1 aromatic carbocycles. The molecule has 2 atom stereocenters. The monoisotopic (exact) mass is 217 g/mol. The summed E-state index contributed by atoms with van der Waals surface area (Å²) in [7, 11) is 0. The maximum absolute atomic E-state index is 3.72. The molecule has 1 heteroatoms. The highest BCUT2D eigenvalue weighted by Gasteiger charge is 2.40. The first-order valence-electron chi connectivity index (χ1n) is 6.11. The Morgan fingerprint density at radius 2 is 2.06 bits per heavy atom. The summed E-state index contributed by atoms with van der Waals surface area (Å²) in [6.07, 6.45) is 5.35. The molecular weight excluding hydrogens is 194 g/mol. The van der Waals surface area contributed by atoms with Gasteiger partial charge in [0.15, 0.2) is 0 Å². The first kappa shape index (κ1) is 11.7. The molecule has 1 saturated heterocycles. The van der Waals surface area contributed by atoms with E-state index in [0.717, 1.165) is 0 Å². The van der Waals surface area contributed by atoms with Crippen LogP contribution in [0.1, 0.15) is 50.8 Å². The van der Waals surface area contributed by atoms with Crippen molar-refractivity contribution in [2.45, 2.75) is 46.1 Å². The first-order chi connectivity index (χ1) is 7.30. The van der Waals surface area contributed by atoms with Gasteiger partial charge in [-0.05, 0) is 48.8 Å². The molecule has 1 nitrogen and oxygen atoms in total. The summed E-state index contributed by atoms with van der Waals surface area (Å²) in [6, 6.07) is 9.57. The van der Waals surface area contributed by atoms with Crippen molar-refractivity contribution in [3.8, 4) is 0 Å². The highest BCUT2D eigenvalue weighted by molar-refractivity contribution is 5.34. The van der Waals surface area contributed by atoms with Gasteiger partial charge in [-0.1, -0.05) is 38.6 Å². The molecule has 0 bridgehead atoms. The van der Waals surface area contributed by atoms with Gasteiger partial charge >= 0.3 is 0 Å². The molecule has 88 valence electrons. The van der Waals surface area contributed by atoms with Crippen molar-refractivity contribution in [3.63, 3.8) is 0 Å². The highest BCUT2D eigenvalue weighted by Crippen LogP contribution is 2.48. The molecule has 0 aromatic heterocycles. The fourth-order valence-electron chi connectivity index (χ4n) is 3.35. The third kappa shape index (κ3) is 1.67. The average Bonchev–Trinajstić information content (AvgIpc) is 2.28. The van der Waals surface area contributed by atoms with Crippen molar-refractivity contribution in [2.24, 2.45) is 5.41 Å². The number of hydrogen-bond donors (Lipinski definition) is 1. The van der Waals surface area contributed by atoms with Gasteiger partial charge in [0.05, 0.1) is 0 Å². The Morgan fingerprint density at radius 3 is 2.94 bits per heavy atom. The van der Waals surface area contributed by atoms with Crippen molar-refractivity contribution < 1.29 is 0 Å². The molecule has 0 radical (unpaired) electrons. The SMILES string of the molecule is C.C[C@]12CCCN[C@H]1c1ccccc1CC2. The molecule has 1 fully saturated rings. The van der Waals surface area contributed by atoms with Crippen LogP contribution in [0.2, 0.25) is 0 Å². The smallest absolute Gasteiger partial charge is 0.0377 e. The number of piperidine rings is 1. The van der Waals surface area contributed by atoms with Crippen LogP contribution in [0.5, 0.6) is 0 Å². The molecule has 0 saturated carbocycles. The Bertz CT molecular complexity index is 371. The van der Waals surface area contributed by atoms with E-state index in [1.165, 1.54) is 32.2 Å². The summed E-state index contributed by atoms with van der Waals surface area (Å²) in [5, 5.41) is 3.72. The topological polar surface area (TPSA) is 12.0 Å². The van der Waals surface area contributed by atoms with Crippen molar-refractivity contribution in [1.82, 2.24) is 5.32 Å². The van der Waals surface area contributed by atoms with E-state index in [4.69, 9.17) is 0 Å². The number of benzene rings is 1. The summed E-state index contributed by atoms with van der Waals surface area (Å²) in [6.45, 7) is 3.65. The minimum Gasteiger partial charge on any atom is -0.309 e. The lowest BCUT2D eigenvalue weighted by atomic mass is 9.65. The van der Waals surface area contributed by atoms with E-state index < -0.39 is 0 Å². The first-order valence-corrected chi connectivity index (χ1v) is 6.11. The van der Waals surface area contributed by atoms with Gasteiger partial charge in [0.1, 0.15) is 0 Å². The van der Waals surface area contributed by atoms with E-state index in [1.807, 2.05) is 0 Å². The number of aryl methyl sites for hydroxylation is 1. The number of nitrogens with one attached hydrogen (secondary N) is 1. The van der Waals surface area contributed by atoms with E-state index in [-0.39, 0.29) is 7.43 Å². The summed E-state index contributed by atoms with van der Waals surface area (Å²) >= 11 is 0. The van der Waals surface area contributed by atoms with Gasteiger partial charge in [0.25, 0.3) is 0 Å². The van der Waals surface area contributed by atoms with Gasteiger partial charge in [-0.25, -0.2) is 0 Å². The van der Waals surface area contributed by atoms with Crippen LogP contribution in [0.3, 0.4) is 0 Å². The zero-order valence-corrected chi connectivity index (χ0v) is 9.42. The van der Waals surface area contributed by atoms with Crippen LogP contribution in [0.25, 0.3) is 0 Å². The number of hydrogen-bond acceptors (Lipinski definition) is 1. The zero-order valence-electron chi connectivity index (χ0n) is 9.42. The second kappa shape index (κ2) is 4.21. The summed E-state index contributed by atoms with van der Waals surface area (Å²) in [5.41, 5.74) is 3.63. The summed E-state index contributed by atoms with van der Waals surface area (Å²) in [5.74, 6) is 0. The van der Waals surface area contributed by atoms with Gasteiger partial charge in [-0.2, -0.15) is 0 Å². The molecule has 1 aliphatic heterocycles.